The van der Waals surface area contributed by atoms with E-state index in [9.17, 15) is 10.1 Å². The number of fused-ring (bicyclic) bond motifs is 1. The lowest BCUT2D eigenvalue weighted by atomic mass is 10.1. The van der Waals surface area contributed by atoms with E-state index in [-0.39, 0.29) is 5.69 Å². The number of hydrogen-bond donors (Lipinski definition) is 0. The minimum absolute atomic E-state index is 0.106. The minimum Gasteiger partial charge on any atom is -0.258 e. The van der Waals surface area contributed by atoms with Crippen molar-refractivity contribution in [2.75, 3.05) is 0 Å². The van der Waals surface area contributed by atoms with Crippen LogP contribution in [0.2, 0.25) is 0 Å². The molecule has 0 radical (unpaired) electrons. The number of nitrogens with zero attached hydrogens (tertiary/aromatic N) is 2. The molecule has 22 heavy (non-hydrogen) atoms. The van der Waals surface area contributed by atoms with Crippen molar-refractivity contribution in [3.05, 3.63) is 82.0 Å². The van der Waals surface area contributed by atoms with Crippen LogP contribution >= 0.6 is 0 Å². The smallest absolute Gasteiger partial charge is 0.258 e. The molecule has 0 fully saturated rings. The Kier molecular flexibility index (Phi) is 3.66. The molecule has 3 rings (SSSR count). The first-order valence-electron chi connectivity index (χ1n) is 6.95. The molecule has 1 aromatic heterocycles. The molecule has 2 aromatic carbocycles. The molecule has 0 saturated carbocycles. The maximum absolute atomic E-state index is 10.7. The summed E-state index contributed by atoms with van der Waals surface area (Å²) in [4.78, 5) is 10.3. The first-order valence-corrected chi connectivity index (χ1v) is 6.95. The quantitative estimate of drug-likeness (QED) is 0.419. The van der Waals surface area contributed by atoms with Crippen LogP contribution in [0, 0.1) is 10.1 Å². The summed E-state index contributed by atoms with van der Waals surface area (Å²) < 4.78 is 2.08. The maximum Gasteiger partial charge on any atom is 0.269 e. The Hall–Kier alpha value is -3.01. The molecule has 0 bridgehead atoms. The highest BCUT2D eigenvalue weighted by molar-refractivity contribution is 5.88. The molecule has 0 aliphatic carbocycles. The zero-order valence-electron chi connectivity index (χ0n) is 12.1. The van der Waals surface area contributed by atoms with Crippen LogP contribution in [0.1, 0.15) is 11.1 Å². The Morgan fingerprint density at radius 2 is 1.73 bits per heavy atom. The molecule has 0 spiro atoms. The van der Waals surface area contributed by atoms with Crippen LogP contribution in [0.15, 0.2) is 60.8 Å². The third-order valence-corrected chi connectivity index (χ3v) is 3.63. The van der Waals surface area contributed by atoms with Crippen molar-refractivity contribution in [3.8, 4) is 0 Å². The minimum atomic E-state index is -0.391. The van der Waals surface area contributed by atoms with Gasteiger partial charge in [0.2, 0.25) is 5.52 Å². The lowest BCUT2D eigenvalue weighted by molar-refractivity contribution is -0.644. The van der Waals surface area contributed by atoms with Crippen molar-refractivity contribution < 1.29 is 9.49 Å². The van der Waals surface area contributed by atoms with Gasteiger partial charge in [-0.25, -0.2) is 4.57 Å². The first-order chi connectivity index (χ1) is 10.6. The highest BCUT2D eigenvalue weighted by atomic mass is 16.6. The Morgan fingerprint density at radius 1 is 1.00 bits per heavy atom. The largest absolute Gasteiger partial charge is 0.269 e. The highest BCUT2D eigenvalue weighted by Gasteiger charge is 2.07. The molecule has 4 nitrogen and oxygen atoms in total. The van der Waals surface area contributed by atoms with E-state index >= 15 is 0 Å². The highest BCUT2D eigenvalue weighted by Crippen LogP contribution is 2.19. The zero-order chi connectivity index (χ0) is 15.5. The molecule has 0 saturated heterocycles. The van der Waals surface area contributed by atoms with Gasteiger partial charge in [0.1, 0.15) is 7.05 Å². The van der Waals surface area contributed by atoms with Gasteiger partial charge >= 0.3 is 0 Å². The molecule has 0 unspecified atom stereocenters. The number of hydrogen-bond acceptors (Lipinski definition) is 2. The monoisotopic (exact) mass is 291 g/mol. The van der Waals surface area contributed by atoms with Crippen LogP contribution < -0.4 is 4.57 Å². The number of non-ortho nitro benzene ring substituents is 1. The standard InChI is InChI=1S/C18H15N2O2/c1-19-13-12-15(17-4-2-3-5-18(17)19)9-6-14-7-10-16(11-8-14)20(21)22/h2-13H,1H3/q+1/b9-6+. The van der Waals surface area contributed by atoms with Crippen LogP contribution in [0.3, 0.4) is 0 Å². The molecule has 3 aromatic rings. The normalized spacial score (nSPS) is 11.1. The molecule has 0 aliphatic heterocycles. The molecule has 0 aliphatic rings. The van der Waals surface area contributed by atoms with E-state index in [0.717, 1.165) is 16.6 Å². The SMILES string of the molecule is C[n+]1ccc(/C=C/c2ccc([N+](=O)[O-])cc2)c2ccccc21. The van der Waals surface area contributed by atoms with E-state index in [1.165, 1.54) is 17.5 Å². The van der Waals surface area contributed by atoms with E-state index in [4.69, 9.17) is 0 Å². The number of aryl methyl sites for hydroxylation is 1. The molecule has 0 atom stereocenters. The lowest BCUT2D eigenvalue weighted by Crippen LogP contribution is -2.28. The summed E-state index contributed by atoms with van der Waals surface area (Å²) in [7, 11) is 2.02. The van der Waals surface area contributed by atoms with Crippen molar-refractivity contribution in [1.29, 1.82) is 0 Å². The summed E-state index contributed by atoms with van der Waals surface area (Å²) >= 11 is 0. The van der Waals surface area contributed by atoms with Crippen molar-refractivity contribution in [2.24, 2.45) is 7.05 Å². The molecular weight excluding hydrogens is 276 g/mol. The average molecular weight is 291 g/mol. The van der Waals surface area contributed by atoms with Gasteiger partial charge in [0.15, 0.2) is 6.20 Å². The molecule has 0 amide bonds. The summed E-state index contributed by atoms with van der Waals surface area (Å²) in [6.07, 6.45) is 6.02. The van der Waals surface area contributed by atoms with Gasteiger partial charge in [-0.15, -0.1) is 0 Å². The van der Waals surface area contributed by atoms with Crippen molar-refractivity contribution in [1.82, 2.24) is 0 Å². The number of nitro benzene ring substituents is 1. The Labute approximate surface area is 128 Å². The average Bonchev–Trinajstić information content (AvgIpc) is 2.55. The number of pyridine rings is 1. The summed E-state index contributed by atoms with van der Waals surface area (Å²) in [5.41, 5.74) is 3.32. The van der Waals surface area contributed by atoms with E-state index in [1.54, 1.807) is 12.1 Å². The van der Waals surface area contributed by atoms with Gasteiger partial charge in [-0.05, 0) is 29.3 Å². The second kappa shape index (κ2) is 5.77. The third kappa shape index (κ3) is 2.72. The maximum atomic E-state index is 10.7. The summed E-state index contributed by atoms with van der Waals surface area (Å²) in [5, 5.41) is 11.8. The van der Waals surface area contributed by atoms with Crippen molar-refractivity contribution >= 4 is 28.7 Å². The Morgan fingerprint density at radius 3 is 2.45 bits per heavy atom. The number of para-hydroxylation sites is 1. The summed E-state index contributed by atoms with van der Waals surface area (Å²) in [6, 6.07) is 16.8. The summed E-state index contributed by atoms with van der Waals surface area (Å²) in [6.45, 7) is 0. The van der Waals surface area contributed by atoms with Crippen LogP contribution in [-0.2, 0) is 7.05 Å². The fraction of sp³-hybridized carbons (Fsp3) is 0.0556. The van der Waals surface area contributed by atoms with E-state index in [2.05, 4.69) is 22.8 Å². The number of aromatic nitrogens is 1. The number of benzene rings is 2. The van der Waals surface area contributed by atoms with Gasteiger partial charge in [0, 0.05) is 24.3 Å². The second-order valence-electron chi connectivity index (χ2n) is 5.08. The third-order valence-electron chi connectivity index (χ3n) is 3.63. The predicted molar refractivity (Wildman–Crippen MR) is 87.1 cm³/mol. The number of nitro groups is 1. The molecule has 1 heterocycles. The van der Waals surface area contributed by atoms with Gasteiger partial charge in [-0.3, -0.25) is 10.1 Å². The van der Waals surface area contributed by atoms with Crippen LogP contribution in [0.4, 0.5) is 5.69 Å². The second-order valence-corrected chi connectivity index (χ2v) is 5.08. The van der Waals surface area contributed by atoms with Gasteiger partial charge in [-0.1, -0.05) is 24.3 Å². The van der Waals surface area contributed by atoms with Gasteiger partial charge < -0.3 is 0 Å². The fourth-order valence-electron chi connectivity index (χ4n) is 2.43. The van der Waals surface area contributed by atoms with Crippen LogP contribution in [0.5, 0.6) is 0 Å². The van der Waals surface area contributed by atoms with Gasteiger partial charge in [-0.2, -0.15) is 0 Å². The number of rotatable bonds is 3. The van der Waals surface area contributed by atoms with Gasteiger partial charge in [0.05, 0.1) is 10.3 Å². The van der Waals surface area contributed by atoms with Crippen LogP contribution in [-0.4, -0.2) is 4.92 Å². The summed E-state index contributed by atoms with van der Waals surface area (Å²) in [5.74, 6) is 0. The lowest BCUT2D eigenvalue weighted by Gasteiger charge is -2.00. The Bertz CT molecular complexity index is 868. The molecule has 4 heteroatoms. The zero-order valence-corrected chi connectivity index (χ0v) is 12.1. The van der Waals surface area contributed by atoms with Crippen LogP contribution in [0.25, 0.3) is 23.1 Å². The Balaban J connectivity index is 1.96. The van der Waals surface area contributed by atoms with E-state index in [1.807, 2.05) is 37.5 Å². The van der Waals surface area contributed by atoms with Crippen molar-refractivity contribution in [2.45, 2.75) is 0 Å². The topological polar surface area (TPSA) is 47.0 Å². The van der Waals surface area contributed by atoms with E-state index in [0.29, 0.717) is 0 Å². The van der Waals surface area contributed by atoms with Gasteiger partial charge in [0.25, 0.3) is 5.69 Å². The van der Waals surface area contributed by atoms with E-state index < -0.39 is 4.92 Å². The molecular formula is C18H15N2O2+. The molecule has 0 N–H and O–H groups in total. The molecule has 108 valence electrons. The van der Waals surface area contributed by atoms with Crippen molar-refractivity contribution in [3.63, 3.8) is 0 Å². The first kappa shape index (κ1) is 13.9. The predicted octanol–water partition coefficient (Wildman–Crippen LogP) is 3.74. The fourth-order valence-corrected chi connectivity index (χ4v) is 2.43.